The van der Waals surface area contributed by atoms with E-state index in [1.165, 1.54) is 11.3 Å². The van der Waals surface area contributed by atoms with E-state index in [1.807, 2.05) is 6.07 Å². The molecule has 1 aromatic carbocycles. The van der Waals surface area contributed by atoms with Gasteiger partial charge in [0.25, 0.3) is 0 Å². The van der Waals surface area contributed by atoms with Gasteiger partial charge in [0.1, 0.15) is 11.6 Å². The summed E-state index contributed by atoms with van der Waals surface area (Å²) < 4.78 is 5.25. The molecule has 0 spiro atoms. The van der Waals surface area contributed by atoms with E-state index in [1.54, 1.807) is 56.6 Å². The van der Waals surface area contributed by atoms with Crippen molar-refractivity contribution in [1.29, 1.82) is 5.26 Å². The topological polar surface area (TPSA) is 92.1 Å². The van der Waals surface area contributed by atoms with Crippen LogP contribution in [-0.4, -0.2) is 28.5 Å². The number of nitrogens with one attached hydrogen (secondary N) is 1. The highest BCUT2D eigenvalue weighted by molar-refractivity contribution is 7.11. The summed E-state index contributed by atoms with van der Waals surface area (Å²) in [7, 11) is 0. The average molecular weight is 357 g/mol. The smallest absolute Gasteiger partial charge is 0.408 e. The molecule has 0 aliphatic heterocycles. The lowest BCUT2D eigenvalue weighted by Gasteiger charge is -2.22. The summed E-state index contributed by atoms with van der Waals surface area (Å²) in [5.41, 5.74) is 0.699. The number of ketones is 1. The fourth-order valence-electron chi connectivity index (χ4n) is 2.10. The van der Waals surface area contributed by atoms with Crippen LogP contribution in [0.2, 0.25) is 0 Å². The quantitative estimate of drug-likeness (QED) is 0.829. The number of alkyl carbamates (subject to hydrolysis) is 1. The van der Waals surface area contributed by atoms with Crippen molar-refractivity contribution in [2.45, 2.75) is 38.8 Å². The number of rotatable bonds is 5. The molecule has 0 saturated carbocycles. The molecule has 0 aliphatic rings. The Morgan fingerprint density at radius 1 is 1.32 bits per heavy atom. The molecule has 2 aromatic rings. The predicted octanol–water partition coefficient (Wildman–Crippen LogP) is 3.33. The van der Waals surface area contributed by atoms with E-state index in [0.29, 0.717) is 10.6 Å². The van der Waals surface area contributed by atoms with Gasteiger partial charge in [-0.05, 0) is 38.5 Å². The molecule has 0 fully saturated rings. The van der Waals surface area contributed by atoms with E-state index in [9.17, 15) is 9.59 Å². The van der Waals surface area contributed by atoms with Crippen molar-refractivity contribution in [1.82, 2.24) is 10.3 Å². The lowest BCUT2D eigenvalue weighted by atomic mass is 10.0. The number of benzene rings is 1. The largest absolute Gasteiger partial charge is 0.444 e. The first-order valence-corrected chi connectivity index (χ1v) is 8.59. The minimum Gasteiger partial charge on any atom is -0.444 e. The van der Waals surface area contributed by atoms with Gasteiger partial charge in [-0.25, -0.2) is 9.78 Å². The highest BCUT2D eigenvalue weighted by Gasteiger charge is 2.27. The molecule has 130 valence electrons. The molecule has 0 saturated heterocycles. The lowest BCUT2D eigenvalue weighted by Crippen LogP contribution is -2.44. The number of nitriles is 1. The van der Waals surface area contributed by atoms with Crippen molar-refractivity contribution < 1.29 is 14.3 Å². The van der Waals surface area contributed by atoms with Crippen LogP contribution in [0, 0.1) is 11.3 Å². The number of carbonyl (C=O) groups is 2. The minimum absolute atomic E-state index is 0.273. The van der Waals surface area contributed by atoms with Crippen molar-refractivity contribution in [2.75, 3.05) is 0 Å². The summed E-state index contributed by atoms with van der Waals surface area (Å²) in [4.78, 5) is 28.8. The Morgan fingerprint density at radius 3 is 2.52 bits per heavy atom. The predicted molar refractivity (Wildman–Crippen MR) is 94.5 cm³/mol. The van der Waals surface area contributed by atoms with Gasteiger partial charge in [0, 0.05) is 18.0 Å². The van der Waals surface area contributed by atoms with Crippen LogP contribution in [0.1, 0.15) is 41.7 Å². The number of amides is 1. The van der Waals surface area contributed by atoms with E-state index in [2.05, 4.69) is 10.3 Å². The molecule has 1 heterocycles. The molecule has 1 aromatic heterocycles. The summed E-state index contributed by atoms with van der Waals surface area (Å²) in [6.07, 6.45) is 1.17. The second-order valence-electron chi connectivity index (χ2n) is 6.41. The van der Waals surface area contributed by atoms with Crippen LogP contribution in [0.4, 0.5) is 4.79 Å². The zero-order valence-electron chi connectivity index (χ0n) is 14.3. The number of ether oxygens (including phenoxy) is 1. The van der Waals surface area contributed by atoms with Gasteiger partial charge in [-0.3, -0.25) is 4.79 Å². The molecule has 25 heavy (non-hydrogen) atoms. The van der Waals surface area contributed by atoms with Gasteiger partial charge in [0.2, 0.25) is 5.78 Å². The van der Waals surface area contributed by atoms with Crippen LogP contribution in [-0.2, 0) is 11.2 Å². The number of hydrogen-bond acceptors (Lipinski definition) is 6. The van der Waals surface area contributed by atoms with Crippen molar-refractivity contribution in [2.24, 2.45) is 0 Å². The second kappa shape index (κ2) is 7.90. The summed E-state index contributed by atoms with van der Waals surface area (Å²) in [5.74, 6) is -0.273. The van der Waals surface area contributed by atoms with Crippen LogP contribution >= 0.6 is 11.3 Å². The molecule has 0 bridgehead atoms. The third-order valence-corrected chi connectivity index (χ3v) is 3.96. The van der Waals surface area contributed by atoms with Crippen molar-refractivity contribution in [3.05, 3.63) is 52.0 Å². The Bertz CT molecular complexity index is 771. The fourth-order valence-corrected chi connectivity index (χ4v) is 2.74. The Hall–Kier alpha value is -2.72. The highest BCUT2D eigenvalue weighted by Crippen LogP contribution is 2.14. The normalized spacial score (nSPS) is 12.1. The van der Waals surface area contributed by atoms with E-state index >= 15 is 0 Å². The summed E-state index contributed by atoms with van der Waals surface area (Å²) >= 11 is 1.22. The highest BCUT2D eigenvalue weighted by atomic mass is 32.1. The molecule has 1 amide bonds. The first kappa shape index (κ1) is 18.6. The number of nitrogens with zero attached hydrogens (tertiary/aromatic N) is 2. The molecule has 0 aliphatic carbocycles. The van der Waals surface area contributed by atoms with Crippen LogP contribution < -0.4 is 5.32 Å². The second-order valence-corrected chi connectivity index (χ2v) is 7.31. The zero-order chi connectivity index (χ0) is 18.4. The Labute approximate surface area is 150 Å². The van der Waals surface area contributed by atoms with Gasteiger partial charge in [-0.1, -0.05) is 12.1 Å². The molecule has 6 nitrogen and oxygen atoms in total. The van der Waals surface area contributed by atoms with Gasteiger partial charge in [-0.15, -0.1) is 11.3 Å². The van der Waals surface area contributed by atoms with Gasteiger partial charge in [-0.2, -0.15) is 5.26 Å². The maximum atomic E-state index is 12.7. The van der Waals surface area contributed by atoms with Gasteiger partial charge in [0.05, 0.1) is 11.6 Å². The molecular formula is C18H19N3O3S. The van der Waals surface area contributed by atoms with Crippen molar-refractivity contribution >= 4 is 23.2 Å². The third kappa shape index (κ3) is 5.69. The lowest BCUT2D eigenvalue weighted by molar-refractivity contribution is 0.0491. The monoisotopic (exact) mass is 357 g/mol. The molecule has 0 unspecified atom stereocenters. The van der Waals surface area contributed by atoms with Gasteiger partial charge >= 0.3 is 6.09 Å². The summed E-state index contributed by atoms with van der Waals surface area (Å²) in [6, 6.07) is 8.12. The van der Waals surface area contributed by atoms with E-state index in [-0.39, 0.29) is 12.2 Å². The Morgan fingerprint density at radius 2 is 2.00 bits per heavy atom. The number of aromatic nitrogens is 1. The molecule has 0 radical (unpaired) electrons. The SMILES string of the molecule is CC(C)(C)OC(=O)N[C@H](Cc1ccc(C#N)cc1)C(=O)c1nccs1. The minimum atomic E-state index is -0.797. The molecule has 1 N–H and O–H groups in total. The zero-order valence-corrected chi connectivity index (χ0v) is 15.1. The average Bonchev–Trinajstić information content (AvgIpc) is 3.07. The molecular weight excluding hydrogens is 338 g/mol. The Balaban J connectivity index is 2.17. The number of carbonyl (C=O) groups excluding carboxylic acids is 2. The van der Waals surface area contributed by atoms with Gasteiger partial charge < -0.3 is 10.1 Å². The first-order valence-electron chi connectivity index (χ1n) is 7.71. The van der Waals surface area contributed by atoms with Crippen molar-refractivity contribution in [3.8, 4) is 6.07 Å². The maximum absolute atomic E-state index is 12.7. The maximum Gasteiger partial charge on any atom is 0.408 e. The number of hydrogen-bond donors (Lipinski definition) is 1. The van der Waals surface area contributed by atoms with Crippen molar-refractivity contribution in [3.63, 3.8) is 0 Å². The van der Waals surface area contributed by atoms with E-state index < -0.39 is 17.7 Å². The molecule has 1 atom stereocenters. The molecule has 2 rings (SSSR count). The van der Waals surface area contributed by atoms with Crippen LogP contribution in [0.15, 0.2) is 35.8 Å². The summed E-state index contributed by atoms with van der Waals surface area (Å²) in [5, 5.41) is 13.5. The first-order chi connectivity index (χ1) is 11.8. The van der Waals surface area contributed by atoms with E-state index in [0.717, 1.165) is 5.56 Å². The molecule has 7 heteroatoms. The van der Waals surface area contributed by atoms with Crippen LogP contribution in [0.25, 0.3) is 0 Å². The van der Waals surface area contributed by atoms with Crippen LogP contribution in [0.3, 0.4) is 0 Å². The number of thiazole rings is 1. The fraction of sp³-hybridized carbons (Fsp3) is 0.333. The third-order valence-electron chi connectivity index (χ3n) is 3.17. The number of Topliss-reactive ketones (excluding diaryl/α,β-unsaturated/α-hetero) is 1. The van der Waals surface area contributed by atoms with Crippen LogP contribution in [0.5, 0.6) is 0 Å². The standard InChI is InChI=1S/C18H19N3O3S/c1-18(2,3)24-17(23)21-14(15(22)16-20-8-9-25-16)10-12-4-6-13(11-19)7-5-12/h4-9,14H,10H2,1-3H3,(H,21,23)/t14-/m1/s1. The Kier molecular flexibility index (Phi) is 5.88. The summed E-state index contributed by atoms with van der Waals surface area (Å²) in [6.45, 7) is 5.26. The van der Waals surface area contributed by atoms with E-state index in [4.69, 9.17) is 10.00 Å². The van der Waals surface area contributed by atoms with Gasteiger partial charge in [0.15, 0.2) is 5.01 Å².